The van der Waals surface area contributed by atoms with Crippen LogP contribution in [0.25, 0.3) is 0 Å². The van der Waals surface area contributed by atoms with Gasteiger partial charge < -0.3 is 10.5 Å². The molecule has 0 unspecified atom stereocenters. The van der Waals surface area contributed by atoms with Crippen LogP contribution in [0.5, 0.6) is 0 Å². The second-order valence-electron chi connectivity index (χ2n) is 4.50. The maximum Gasteiger partial charge on any atom is 0.243 e. The number of hydrogen-bond acceptors (Lipinski definition) is 4. The third-order valence-electron chi connectivity index (χ3n) is 2.72. The van der Waals surface area contributed by atoms with Crippen LogP contribution in [0.4, 0.5) is 10.1 Å². The molecule has 1 aromatic rings. The molecule has 0 saturated heterocycles. The summed E-state index contributed by atoms with van der Waals surface area (Å²) in [6.07, 6.45) is 1.45. The molecule has 7 heteroatoms. The van der Waals surface area contributed by atoms with Gasteiger partial charge >= 0.3 is 0 Å². The average molecular weight is 304 g/mol. The minimum absolute atomic E-state index is 0.194. The highest BCUT2D eigenvalue weighted by molar-refractivity contribution is 7.89. The van der Waals surface area contributed by atoms with Crippen molar-refractivity contribution >= 4 is 15.7 Å². The van der Waals surface area contributed by atoms with Gasteiger partial charge in [-0.05, 0) is 37.5 Å². The predicted octanol–water partition coefficient (Wildman–Crippen LogP) is 1.81. The fourth-order valence-electron chi connectivity index (χ4n) is 1.58. The third kappa shape index (κ3) is 4.73. The molecule has 0 aliphatic rings. The minimum atomic E-state index is -3.88. The lowest BCUT2D eigenvalue weighted by Gasteiger charge is -2.10. The first-order valence-corrected chi connectivity index (χ1v) is 8.00. The number of aryl methyl sites for hydroxylation is 1. The summed E-state index contributed by atoms with van der Waals surface area (Å²) < 4.78 is 45.2. The smallest absolute Gasteiger partial charge is 0.243 e. The van der Waals surface area contributed by atoms with E-state index in [-0.39, 0.29) is 12.2 Å². The number of rotatable bonds is 8. The first-order valence-electron chi connectivity index (χ1n) is 6.51. The Morgan fingerprint density at radius 3 is 2.70 bits per heavy atom. The summed E-state index contributed by atoms with van der Waals surface area (Å²) in [5.74, 6) is -0.800. The van der Waals surface area contributed by atoms with Gasteiger partial charge in [0.2, 0.25) is 10.0 Å². The lowest BCUT2D eigenvalue weighted by molar-refractivity contribution is 0.133. The van der Waals surface area contributed by atoms with Crippen LogP contribution < -0.4 is 10.5 Å². The first kappa shape index (κ1) is 16.9. The molecule has 0 atom stereocenters. The molecule has 0 spiro atoms. The zero-order valence-electron chi connectivity index (χ0n) is 11.8. The Balaban J connectivity index is 2.63. The molecular weight excluding hydrogens is 283 g/mol. The number of benzene rings is 1. The normalized spacial score (nSPS) is 11.8. The average Bonchev–Trinajstić information content (AvgIpc) is 2.37. The largest absolute Gasteiger partial charge is 0.398 e. The van der Waals surface area contributed by atoms with Crippen molar-refractivity contribution in [2.24, 2.45) is 0 Å². The molecule has 0 radical (unpaired) electrons. The predicted molar refractivity (Wildman–Crippen MR) is 76.5 cm³/mol. The van der Waals surface area contributed by atoms with Crippen LogP contribution in [0.1, 0.15) is 25.3 Å². The summed E-state index contributed by atoms with van der Waals surface area (Å²) in [4.78, 5) is -0.421. The zero-order chi connectivity index (χ0) is 15.2. The maximum atomic E-state index is 13.7. The van der Waals surface area contributed by atoms with Gasteiger partial charge in [0.1, 0.15) is 10.7 Å². The van der Waals surface area contributed by atoms with Gasteiger partial charge in [-0.3, -0.25) is 0 Å². The van der Waals surface area contributed by atoms with E-state index in [1.54, 1.807) is 6.92 Å². The lowest BCUT2D eigenvalue weighted by atomic mass is 10.2. The molecule has 1 rings (SSSR count). The Bertz CT molecular complexity index is 547. The third-order valence-corrected chi connectivity index (χ3v) is 4.19. The Morgan fingerprint density at radius 1 is 1.35 bits per heavy atom. The van der Waals surface area contributed by atoms with Gasteiger partial charge in [0.15, 0.2) is 0 Å². The zero-order valence-corrected chi connectivity index (χ0v) is 12.6. The van der Waals surface area contributed by atoms with E-state index < -0.39 is 20.7 Å². The van der Waals surface area contributed by atoms with Gasteiger partial charge in [-0.15, -0.1) is 0 Å². The quantitative estimate of drug-likeness (QED) is 0.567. The fourth-order valence-corrected chi connectivity index (χ4v) is 2.75. The van der Waals surface area contributed by atoms with Crippen molar-refractivity contribution in [3.8, 4) is 0 Å². The Morgan fingerprint density at radius 2 is 2.05 bits per heavy atom. The summed E-state index contributed by atoms with van der Waals surface area (Å²) in [7, 11) is -3.88. The fraction of sp³-hybridized carbons (Fsp3) is 0.538. The Hall–Kier alpha value is -1.18. The topological polar surface area (TPSA) is 81.4 Å². The van der Waals surface area contributed by atoms with Crippen LogP contribution in [0, 0.1) is 12.7 Å². The second-order valence-corrected chi connectivity index (χ2v) is 6.24. The van der Waals surface area contributed by atoms with E-state index in [4.69, 9.17) is 10.5 Å². The van der Waals surface area contributed by atoms with Crippen LogP contribution in [0.3, 0.4) is 0 Å². The van der Waals surface area contributed by atoms with Gasteiger partial charge in [-0.2, -0.15) is 0 Å². The van der Waals surface area contributed by atoms with Crippen molar-refractivity contribution in [3.05, 3.63) is 23.5 Å². The lowest BCUT2D eigenvalue weighted by Crippen LogP contribution is -2.26. The molecule has 0 aliphatic heterocycles. The number of nitrogens with one attached hydrogen (secondary N) is 1. The highest BCUT2D eigenvalue weighted by Crippen LogP contribution is 2.21. The van der Waals surface area contributed by atoms with E-state index in [0.29, 0.717) is 25.2 Å². The second kappa shape index (κ2) is 7.56. The molecule has 0 saturated carbocycles. The molecule has 5 nitrogen and oxygen atoms in total. The highest BCUT2D eigenvalue weighted by atomic mass is 32.2. The number of ether oxygens (including phenoxy) is 1. The molecule has 0 bridgehead atoms. The van der Waals surface area contributed by atoms with Gasteiger partial charge in [0.25, 0.3) is 0 Å². The molecule has 1 aromatic carbocycles. The SMILES string of the molecule is CCCOCCCNS(=O)(=O)c1cc(N)c(C)cc1F. The molecule has 20 heavy (non-hydrogen) atoms. The first-order chi connectivity index (χ1) is 9.38. The molecular formula is C13H21FN2O3S. The molecule has 0 heterocycles. The van der Waals surface area contributed by atoms with Crippen molar-refractivity contribution in [2.45, 2.75) is 31.6 Å². The van der Waals surface area contributed by atoms with E-state index >= 15 is 0 Å². The van der Waals surface area contributed by atoms with Crippen molar-refractivity contribution < 1.29 is 17.5 Å². The monoisotopic (exact) mass is 304 g/mol. The molecule has 0 fully saturated rings. The molecule has 0 aromatic heterocycles. The van der Waals surface area contributed by atoms with Crippen molar-refractivity contribution in [1.82, 2.24) is 4.72 Å². The number of anilines is 1. The molecule has 0 aliphatic carbocycles. The summed E-state index contributed by atoms with van der Waals surface area (Å²) >= 11 is 0. The summed E-state index contributed by atoms with van der Waals surface area (Å²) in [6.45, 7) is 4.92. The van der Waals surface area contributed by atoms with Crippen molar-refractivity contribution in [3.63, 3.8) is 0 Å². The van der Waals surface area contributed by atoms with E-state index in [1.165, 1.54) is 0 Å². The minimum Gasteiger partial charge on any atom is -0.398 e. The highest BCUT2D eigenvalue weighted by Gasteiger charge is 2.19. The van der Waals surface area contributed by atoms with Crippen LogP contribution in [0.2, 0.25) is 0 Å². The maximum absolute atomic E-state index is 13.7. The van der Waals surface area contributed by atoms with Gasteiger partial charge in [0, 0.05) is 25.4 Å². The van der Waals surface area contributed by atoms with Crippen LogP contribution >= 0.6 is 0 Å². The van der Waals surface area contributed by atoms with E-state index in [2.05, 4.69) is 4.72 Å². The number of sulfonamides is 1. The summed E-state index contributed by atoms with van der Waals surface area (Å²) in [6, 6.07) is 2.26. The van der Waals surface area contributed by atoms with Crippen LogP contribution in [0.15, 0.2) is 17.0 Å². The van der Waals surface area contributed by atoms with Crippen LogP contribution in [-0.4, -0.2) is 28.2 Å². The summed E-state index contributed by atoms with van der Waals surface area (Å²) in [5.41, 5.74) is 6.37. The van der Waals surface area contributed by atoms with E-state index in [0.717, 1.165) is 18.6 Å². The number of halogens is 1. The molecule has 0 amide bonds. The molecule has 114 valence electrons. The van der Waals surface area contributed by atoms with Crippen molar-refractivity contribution in [2.75, 3.05) is 25.5 Å². The van der Waals surface area contributed by atoms with E-state index in [9.17, 15) is 12.8 Å². The Labute approximate surface area is 119 Å². The van der Waals surface area contributed by atoms with Crippen LogP contribution in [-0.2, 0) is 14.8 Å². The number of nitrogens with two attached hydrogens (primary N) is 1. The van der Waals surface area contributed by atoms with E-state index in [1.807, 2.05) is 6.92 Å². The van der Waals surface area contributed by atoms with Gasteiger partial charge in [-0.25, -0.2) is 17.5 Å². The summed E-state index contributed by atoms with van der Waals surface area (Å²) in [5, 5.41) is 0. The van der Waals surface area contributed by atoms with Gasteiger partial charge in [-0.1, -0.05) is 6.92 Å². The number of nitrogen functional groups attached to an aromatic ring is 1. The number of hydrogen-bond donors (Lipinski definition) is 2. The Kier molecular flexibility index (Phi) is 6.38. The standard InChI is InChI=1S/C13H21FN2O3S/c1-3-6-19-7-4-5-16-20(17,18)13-9-12(15)10(2)8-11(13)14/h8-9,16H,3-7,15H2,1-2H3. The van der Waals surface area contributed by atoms with Crippen molar-refractivity contribution in [1.29, 1.82) is 0 Å². The molecule has 3 N–H and O–H groups in total. The van der Waals surface area contributed by atoms with Gasteiger partial charge in [0.05, 0.1) is 0 Å².